The van der Waals surface area contributed by atoms with Crippen LogP contribution in [-0.4, -0.2) is 148 Å². The number of Topliss-reactive ketones (excluding diaryl/α,β-unsaturated/α-hetero) is 1. The van der Waals surface area contributed by atoms with Crippen molar-refractivity contribution in [3.8, 4) is 0 Å². The Labute approximate surface area is 315 Å². The number of aliphatic hydroxyl groups excluding tert-OH is 3. The lowest BCUT2D eigenvalue weighted by molar-refractivity contribution is -0.317. The lowest BCUT2D eigenvalue weighted by atomic mass is 9.74. The van der Waals surface area contributed by atoms with Crippen molar-refractivity contribution in [1.29, 1.82) is 0 Å². The average molecular weight is 764 g/mol. The molecule has 3 aliphatic heterocycles. The number of hydrogen-bond donors (Lipinski definition) is 4. The van der Waals surface area contributed by atoms with E-state index in [1.165, 1.54) is 18.9 Å². The summed E-state index contributed by atoms with van der Waals surface area (Å²) in [7, 11) is 5.24. The third-order valence-corrected chi connectivity index (χ3v) is 13.1. The van der Waals surface area contributed by atoms with Crippen molar-refractivity contribution in [2.24, 2.45) is 29.6 Å². The van der Waals surface area contributed by atoms with Gasteiger partial charge in [0.15, 0.2) is 12.6 Å². The maximum Gasteiger partial charge on any atom is 0.311 e. The fourth-order valence-electron chi connectivity index (χ4n) is 8.52. The van der Waals surface area contributed by atoms with E-state index in [4.69, 9.17) is 28.4 Å². The van der Waals surface area contributed by atoms with Crippen LogP contribution in [0.5, 0.6) is 0 Å². The van der Waals surface area contributed by atoms with Crippen LogP contribution in [-0.2, 0) is 38.0 Å². The molecule has 0 aromatic heterocycles. The highest BCUT2D eigenvalue weighted by Gasteiger charge is 2.52. The van der Waals surface area contributed by atoms with Crippen molar-refractivity contribution in [2.45, 2.75) is 172 Å². The Hall–Kier alpha value is -0.910. The smallest absolute Gasteiger partial charge is 0.311 e. The topological polar surface area (TPSA) is 174 Å². The second-order valence-electron chi connectivity index (χ2n) is 16.7. The molecule has 0 spiro atoms. The Balaban J connectivity index is 2.19. The number of rotatable bonds is 8. The lowest BCUT2D eigenvalue weighted by Gasteiger charge is -2.49. The van der Waals surface area contributed by atoms with Crippen molar-refractivity contribution in [1.82, 2.24) is 4.90 Å². The number of nitrogens with zero attached hydrogens (tertiary/aromatic N) is 1. The first-order chi connectivity index (χ1) is 24.0. The van der Waals surface area contributed by atoms with Gasteiger partial charge in [-0.1, -0.05) is 27.7 Å². The maximum atomic E-state index is 14.3. The molecule has 3 aliphatic rings. The SMILES string of the molecule is CO[C@]1(C)C[C@H](O[C@H]2[C@H](C)[C@@H](O[C@@H]3O[C@H](C)C[C@H](N(C)C)[C@H]3O)[C@](C)(O)C[C@@H](C)C(=O)[C@H](C)[C@@H](O)[C@@H](C)[C@@H](C(C)SC)OC(=O)[C@@H]2C)O[C@@H](C)[C@@H]1O. The summed E-state index contributed by atoms with van der Waals surface area (Å²) in [5.74, 6) is -4.70. The number of carbonyl (C=O) groups excluding carboxylic acids is 2. The molecule has 0 aromatic carbocycles. The van der Waals surface area contributed by atoms with Gasteiger partial charge in [-0.15, -0.1) is 0 Å². The number of hydrogen-bond acceptors (Lipinski definition) is 14. The molecule has 52 heavy (non-hydrogen) atoms. The van der Waals surface area contributed by atoms with E-state index in [1.54, 1.807) is 55.4 Å². The van der Waals surface area contributed by atoms with Gasteiger partial charge in [-0.3, -0.25) is 9.59 Å². The van der Waals surface area contributed by atoms with Crippen molar-refractivity contribution >= 4 is 23.5 Å². The minimum absolute atomic E-state index is 0.0527. The standard InChI is InChI=1S/C38H69NO12S/c1-18-16-37(9,45)34(51-36-30(42)26(39(11)12)15-19(2)47-36)22(5)31(49-27-17-38(10,46-13)33(43)24(7)48-27)23(6)35(44)50-32(25(8)52-14)21(4)29(41)20(3)28(18)40/h18-27,29-34,36,41-43,45H,15-17H2,1-14H3/t18-,19-,20+,21-,22+,23-,24+,25?,26+,27+,29-,30-,31+,32+,33+,34-,36+,37-,38-/m1/s1. The third-order valence-electron chi connectivity index (χ3n) is 12.1. The zero-order valence-corrected chi connectivity index (χ0v) is 34.7. The summed E-state index contributed by atoms with van der Waals surface area (Å²) < 4.78 is 37.7. The van der Waals surface area contributed by atoms with Gasteiger partial charge in [0.1, 0.15) is 24.1 Å². The first-order valence-electron chi connectivity index (χ1n) is 18.9. The van der Waals surface area contributed by atoms with Crippen LogP contribution in [0, 0.1) is 29.6 Å². The number of aliphatic hydroxyl groups is 4. The number of esters is 1. The zero-order valence-electron chi connectivity index (χ0n) is 33.8. The Morgan fingerprint density at radius 2 is 1.52 bits per heavy atom. The van der Waals surface area contributed by atoms with E-state index in [0.717, 1.165) is 0 Å². The molecule has 19 atom stereocenters. The van der Waals surface area contributed by atoms with Gasteiger partial charge >= 0.3 is 5.97 Å². The number of methoxy groups -OCH3 is 1. The highest BCUT2D eigenvalue weighted by molar-refractivity contribution is 7.99. The predicted molar refractivity (Wildman–Crippen MR) is 197 cm³/mol. The van der Waals surface area contributed by atoms with Crippen molar-refractivity contribution in [2.75, 3.05) is 27.5 Å². The predicted octanol–water partition coefficient (Wildman–Crippen LogP) is 3.01. The molecule has 3 heterocycles. The Morgan fingerprint density at radius 3 is 2.08 bits per heavy atom. The summed E-state index contributed by atoms with van der Waals surface area (Å²) in [5.41, 5.74) is -2.75. The molecular formula is C38H69NO12S. The van der Waals surface area contributed by atoms with E-state index < -0.39 is 102 Å². The van der Waals surface area contributed by atoms with Crippen LogP contribution < -0.4 is 0 Å². The summed E-state index contributed by atoms with van der Waals surface area (Å²) in [6, 6.07) is -0.302. The lowest BCUT2D eigenvalue weighted by Crippen LogP contribution is -2.60. The third kappa shape index (κ3) is 10.1. The van der Waals surface area contributed by atoms with E-state index in [-0.39, 0.29) is 36.0 Å². The van der Waals surface area contributed by atoms with E-state index in [2.05, 4.69) is 0 Å². The first kappa shape index (κ1) is 45.5. The normalized spacial score (nSPS) is 48.2. The number of carbonyl (C=O) groups is 2. The largest absolute Gasteiger partial charge is 0.461 e. The Bertz CT molecular complexity index is 1180. The molecule has 0 saturated carbocycles. The molecule has 0 bridgehead atoms. The highest BCUT2D eigenvalue weighted by Crippen LogP contribution is 2.40. The van der Waals surface area contributed by atoms with Crippen LogP contribution in [0.4, 0.5) is 0 Å². The summed E-state index contributed by atoms with van der Waals surface area (Å²) in [6.45, 7) is 17.5. The molecule has 0 radical (unpaired) electrons. The van der Waals surface area contributed by atoms with Crippen LogP contribution >= 0.6 is 11.8 Å². The summed E-state index contributed by atoms with van der Waals surface area (Å²) in [5, 5.41) is 46.2. The van der Waals surface area contributed by atoms with Crippen molar-refractivity contribution in [3.63, 3.8) is 0 Å². The molecule has 304 valence electrons. The van der Waals surface area contributed by atoms with Crippen LogP contribution in [0.15, 0.2) is 0 Å². The number of cyclic esters (lactones) is 1. The van der Waals surface area contributed by atoms with Gasteiger partial charge in [-0.2, -0.15) is 11.8 Å². The quantitative estimate of drug-likeness (QED) is 0.266. The van der Waals surface area contributed by atoms with Crippen molar-refractivity contribution in [3.05, 3.63) is 0 Å². The van der Waals surface area contributed by atoms with Gasteiger partial charge in [-0.05, 0) is 74.7 Å². The second kappa shape index (κ2) is 18.4. The molecule has 3 rings (SSSR count). The number of ether oxygens (including phenoxy) is 6. The molecular weight excluding hydrogens is 694 g/mol. The molecule has 1 unspecified atom stereocenters. The molecule has 0 amide bonds. The molecule has 3 saturated heterocycles. The summed E-state index contributed by atoms with van der Waals surface area (Å²) >= 11 is 1.49. The zero-order chi connectivity index (χ0) is 39.6. The van der Waals surface area contributed by atoms with Gasteiger partial charge in [0, 0.05) is 48.5 Å². The molecule has 13 nitrogen and oxygen atoms in total. The monoisotopic (exact) mass is 763 g/mol. The summed E-state index contributed by atoms with van der Waals surface area (Å²) in [6.07, 6.45) is -6.59. The van der Waals surface area contributed by atoms with Crippen LogP contribution in [0.3, 0.4) is 0 Å². The molecule has 0 aromatic rings. The van der Waals surface area contributed by atoms with Crippen LogP contribution in [0.25, 0.3) is 0 Å². The fourth-order valence-corrected chi connectivity index (χ4v) is 9.09. The molecule has 3 fully saturated rings. The fraction of sp³-hybridized carbons (Fsp3) is 0.947. The maximum absolute atomic E-state index is 14.3. The highest BCUT2D eigenvalue weighted by atomic mass is 32.2. The van der Waals surface area contributed by atoms with Gasteiger partial charge in [0.2, 0.25) is 0 Å². The van der Waals surface area contributed by atoms with E-state index >= 15 is 0 Å². The first-order valence-corrected chi connectivity index (χ1v) is 20.2. The van der Waals surface area contributed by atoms with Gasteiger partial charge in [0.25, 0.3) is 0 Å². The van der Waals surface area contributed by atoms with Crippen LogP contribution in [0.1, 0.15) is 88.5 Å². The number of likely N-dealkylation sites (N-methyl/N-ethyl adjacent to an activating group) is 1. The van der Waals surface area contributed by atoms with Crippen molar-refractivity contribution < 1.29 is 58.4 Å². The van der Waals surface area contributed by atoms with E-state index in [1.807, 2.05) is 39.1 Å². The second-order valence-corrected chi connectivity index (χ2v) is 17.9. The molecule has 4 N–H and O–H groups in total. The van der Waals surface area contributed by atoms with Gasteiger partial charge in [-0.25, -0.2) is 0 Å². The Morgan fingerprint density at radius 1 is 0.904 bits per heavy atom. The van der Waals surface area contributed by atoms with Gasteiger partial charge in [0.05, 0.1) is 47.6 Å². The molecule has 0 aliphatic carbocycles. The van der Waals surface area contributed by atoms with E-state index in [9.17, 15) is 30.0 Å². The van der Waals surface area contributed by atoms with E-state index in [0.29, 0.717) is 6.42 Å². The molecule has 14 heteroatoms. The Kier molecular flexibility index (Phi) is 16.1. The minimum Gasteiger partial charge on any atom is -0.461 e. The number of ketones is 1. The van der Waals surface area contributed by atoms with Crippen LogP contribution in [0.2, 0.25) is 0 Å². The average Bonchev–Trinajstić information content (AvgIpc) is 3.08. The minimum atomic E-state index is -1.73. The van der Waals surface area contributed by atoms with Gasteiger partial charge < -0.3 is 53.7 Å². The number of thioether (sulfide) groups is 1. The summed E-state index contributed by atoms with van der Waals surface area (Å²) in [4.78, 5) is 30.1.